The van der Waals surface area contributed by atoms with Gasteiger partial charge in [-0.05, 0) is 70.4 Å². The monoisotopic (exact) mass is 358 g/mol. The summed E-state index contributed by atoms with van der Waals surface area (Å²) in [5, 5.41) is 4.54. The van der Waals surface area contributed by atoms with E-state index in [2.05, 4.69) is 39.6 Å². The standard InChI is InChI=1S/C22H38N4/c1-3-26-19(2)21(14-23-26)16-25-13-11-22(18-25)10-7-12-24(17-22)15-20-8-5-4-6-9-20/h14,20H,3-13,15-18H2,1-2H3/t22-/m0/s1. The SMILES string of the molecule is CCn1ncc(CN2CC[C@]3(CCCN(CC4CCCCC4)C3)C2)c1C. The smallest absolute Gasteiger partial charge is 0.0537 e. The van der Waals surface area contributed by atoms with Crippen LogP contribution in [-0.2, 0) is 13.1 Å². The first-order chi connectivity index (χ1) is 12.7. The van der Waals surface area contributed by atoms with E-state index >= 15 is 0 Å². The third-order valence-corrected chi connectivity index (χ3v) is 7.40. The van der Waals surface area contributed by atoms with E-state index in [-0.39, 0.29) is 0 Å². The van der Waals surface area contributed by atoms with Crippen molar-refractivity contribution in [2.45, 2.75) is 78.3 Å². The number of piperidine rings is 1. The van der Waals surface area contributed by atoms with E-state index in [1.807, 2.05) is 0 Å². The number of aryl methyl sites for hydroxylation is 1. The van der Waals surface area contributed by atoms with Crippen LogP contribution in [0.1, 0.15) is 69.5 Å². The van der Waals surface area contributed by atoms with Crippen molar-refractivity contribution in [2.75, 3.05) is 32.7 Å². The van der Waals surface area contributed by atoms with Crippen molar-refractivity contribution in [3.05, 3.63) is 17.5 Å². The summed E-state index contributed by atoms with van der Waals surface area (Å²) >= 11 is 0. The number of hydrogen-bond donors (Lipinski definition) is 0. The Balaban J connectivity index is 1.33. The maximum absolute atomic E-state index is 4.54. The summed E-state index contributed by atoms with van der Waals surface area (Å²) in [7, 11) is 0. The molecule has 1 saturated carbocycles. The summed E-state index contributed by atoms with van der Waals surface area (Å²) in [4.78, 5) is 5.54. The molecular weight excluding hydrogens is 320 g/mol. The number of aromatic nitrogens is 2. The third-order valence-electron chi connectivity index (χ3n) is 7.40. The minimum atomic E-state index is 0.571. The molecule has 3 aliphatic rings. The van der Waals surface area contributed by atoms with Crippen LogP contribution < -0.4 is 0 Å². The van der Waals surface area contributed by atoms with Gasteiger partial charge in [-0.3, -0.25) is 9.58 Å². The highest BCUT2D eigenvalue weighted by atomic mass is 15.3. The maximum Gasteiger partial charge on any atom is 0.0537 e. The number of hydrogen-bond acceptors (Lipinski definition) is 3. The molecule has 4 nitrogen and oxygen atoms in total. The second-order valence-electron chi connectivity index (χ2n) is 9.37. The summed E-state index contributed by atoms with van der Waals surface area (Å²) in [6, 6.07) is 0. The number of rotatable bonds is 5. The molecule has 1 spiro atoms. The quantitative estimate of drug-likeness (QED) is 0.793. The molecule has 26 heavy (non-hydrogen) atoms. The highest BCUT2D eigenvalue weighted by Crippen LogP contribution is 2.40. The van der Waals surface area contributed by atoms with Crippen LogP contribution in [0.5, 0.6) is 0 Å². The third kappa shape index (κ3) is 4.01. The zero-order valence-corrected chi connectivity index (χ0v) is 17.1. The maximum atomic E-state index is 4.54. The van der Waals surface area contributed by atoms with Crippen LogP contribution in [0.4, 0.5) is 0 Å². The van der Waals surface area contributed by atoms with Crippen molar-refractivity contribution in [3.8, 4) is 0 Å². The van der Waals surface area contributed by atoms with Gasteiger partial charge >= 0.3 is 0 Å². The summed E-state index contributed by atoms with van der Waals surface area (Å²) in [6.07, 6.45) is 13.7. The Morgan fingerprint density at radius 1 is 1.04 bits per heavy atom. The average molecular weight is 359 g/mol. The number of likely N-dealkylation sites (tertiary alicyclic amines) is 2. The summed E-state index contributed by atoms with van der Waals surface area (Å²) in [6.45, 7) is 13.1. The van der Waals surface area contributed by atoms with Gasteiger partial charge in [0.25, 0.3) is 0 Å². The fourth-order valence-electron chi connectivity index (χ4n) is 5.90. The molecule has 0 unspecified atom stereocenters. The molecule has 2 saturated heterocycles. The van der Waals surface area contributed by atoms with Crippen LogP contribution in [0, 0.1) is 18.3 Å². The molecule has 0 N–H and O–H groups in total. The zero-order valence-electron chi connectivity index (χ0n) is 17.1. The van der Waals surface area contributed by atoms with Gasteiger partial charge in [0.2, 0.25) is 0 Å². The van der Waals surface area contributed by atoms with Crippen LogP contribution in [0.3, 0.4) is 0 Å². The first-order valence-corrected chi connectivity index (χ1v) is 11.1. The van der Waals surface area contributed by atoms with Crippen LogP contribution in [0.15, 0.2) is 6.20 Å². The van der Waals surface area contributed by atoms with Gasteiger partial charge in [0.05, 0.1) is 6.20 Å². The van der Waals surface area contributed by atoms with Crippen molar-refractivity contribution in [2.24, 2.45) is 11.3 Å². The van der Waals surface area contributed by atoms with Gasteiger partial charge in [-0.1, -0.05) is 19.3 Å². The Morgan fingerprint density at radius 3 is 2.62 bits per heavy atom. The first-order valence-electron chi connectivity index (χ1n) is 11.1. The van der Waals surface area contributed by atoms with Gasteiger partial charge in [0, 0.05) is 44.0 Å². The molecule has 3 fully saturated rings. The summed E-state index contributed by atoms with van der Waals surface area (Å²) in [5.74, 6) is 0.985. The molecule has 0 aromatic carbocycles. The molecule has 4 heteroatoms. The second kappa shape index (κ2) is 8.02. The molecule has 1 aromatic heterocycles. The molecule has 1 atom stereocenters. The van der Waals surface area contributed by atoms with E-state index in [9.17, 15) is 0 Å². The Bertz CT molecular complexity index is 589. The second-order valence-corrected chi connectivity index (χ2v) is 9.37. The lowest BCUT2D eigenvalue weighted by molar-refractivity contribution is 0.0737. The minimum Gasteiger partial charge on any atom is -0.302 e. The van der Waals surface area contributed by atoms with Gasteiger partial charge in [-0.2, -0.15) is 5.10 Å². The number of nitrogens with zero attached hydrogens (tertiary/aromatic N) is 4. The molecule has 1 aromatic rings. The van der Waals surface area contributed by atoms with Crippen LogP contribution in [-0.4, -0.2) is 52.3 Å². The van der Waals surface area contributed by atoms with Gasteiger partial charge in [0.15, 0.2) is 0 Å². The van der Waals surface area contributed by atoms with E-state index in [4.69, 9.17) is 0 Å². The average Bonchev–Trinajstić information content (AvgIpc) is 3.20. The normalized spacial score (nSPS) is 29.0. The molecule has 0 amide bonds. The van der Waals surface area contributed by atoms with Gasteiger partial charge in [-0.15, -0.1) is 0 Å². The highest BCUT2D eigenvalue weighted by molar-refractivity contribution is 5.16. The highest BCUT2D eigenvalue weighted by Gasteiger charge is 2.41. The topological polar surface area (TPSA) is 24.3 Å². The molecule has 2 aliphatic heterocycles. The lowest BCUT2D eigenvalue weighted by Crippen LogP contribution is -2.46. The predicted octanol–water partition coefficient (Wildman–Crippen LogP) is 4.08. The lowest BCUT2D eigenvalue weighted by atomic mass is 9.78. The summed E-state index contributed by atoms with van der Waals surface area (Å²) in [5.41, 5.74) is 3.36. The largest absolute Gasteiger partial charge is 0.302 e. The van der Waals surface area contributed by atoms with E-state index in [1.54, 1.807) is 0 Å². The van der Waals surface area contributed by atoms with Crippen molar-refractivity contribution in [1.82, 2.24) is 19.6 Å². The molecule has 1 aliphatic carbocycles. The van der Waals surface area contributed by atoms with Gasteiger partial charge in [-0.25, -0.2) is 0 Å². The Kier molecular flexibility index (Phi) is 5.70. The Hall–Kier alpha value is -0.870. The summed E-state index contributed by atoms with van der Waals surface area (Å²) < 4.78 is 2.13. The van der Waals surface area contributed by atoms with E-state index in [0.29, 0.717) is 5.41 Å². The van der Waals surface area contributed by atoms with Gasteiger partial charge < -0.3 is 4.90 Å². The Labute approximate surface area is 159 Å². The van der Waals surface area contributed by atoms with Crippen LogP contribution >= 0.6 is 0 Å². The molecule has 146 valence electrons. The first kappa shape index (κ1) is 18.5. The predicted molar refractivity (Wildman–Crippen MR) is 107 cm³/mol. The molecule has 4 rings (SSSR count). The molecular formula is C22H38N4. The van der Waals surface area contributed by atoms with Crippen molar-refractivity contribution in [3.63, 3.8) is 0 Å². The van der Waals surface area contributed by atoms with Crippen LogP contribution in [0.25, 0.3) is 0 Å². The Morgan fingerprint density at radius 2 is 1.85 bits per heavy atom. The van der Waals surface area contributed by atoms with Crippen molar-refractivity contribution >= 4 is 0 Å². The van der Waals surface area contributed by atoms with E-state index in [1.165, 1.54) is 95.3 Å². The van der Waals surface area contributed by atoms with Gasteiger partial charge in [0.1, 0.15) is 0 Å². The van der Waals surface area contributed by atoms with Crippen molar-refractivity contribution < 1.29 is 0 Å². The van der Waals surface area contributed by atoms with E-state index < -0.39 is 0 Å². The molecule has 0 bridgehead atoms. The van der Waals surface area contributed by atoms with E-state index in [0.717, 1.165) is 19.0 Å². The molecule has 3 heterocycles. The van der Waals surface area contributed by atoms with Crippen LogP contribution in [0.2, 0.25) is 0 Å². The lowest BCUT2D eigenvalue weighted by Gasteiger charge is -2.42. The zero-order chi connectivity index (χ0) is 18.0. The molecule has 0 radical (unpaired) electrons. The fourth-order valence-corrected chi connectivity index (χ4v) is 5.90. The fraction of sp³-hybridized carbons (Fsp3) is 0.864. The minimum absolute atomic E-state index is 0.571. The van der Waals surface area contributed by atoms with Crippen molar-refractivity contribution in [1.29, 1.82) is 0 Å².